The number of Topliss-reactive ketones (excluding diaryl/α,β-unsaturated/α-hetero) is 1. The summed E-state index contributed by atoms with van der Waals surface area (Å²) in [5, 5.41) is 3.03. The standard InChI is InChI=1S/C9H17NO4S/c1-2-14-6-9(11)5-8-7-15(12,13)4-3-10-8/h8,10H,2-7H2,1H3. The number of hydrogen-bond donors (Lipinski definition) is 1. The summed E-state index contributed by atoms with van der Waals surface area (Å²) in [6.45, 7) is 2.84. The van der Waals surface area contributed by atoms with Crippen molar-refractivity contribution < 1.29 is 17.9 Å². The van der Waals surface area contributed by atoms with E-state index in [0.29, 0.717) is 13.2 Å². The van der Waals surface area contributed by atoms with Crippen LogP contribution in [0.2, 0.25) is 0 Å². The minimum Gasteiger partial charge on any atom is -0.374 e. The van der Waals surface area contributed by atoms with Crippen molar-refractivity contribution in [1.82, 2.24) is 5.32 Å². The number of carbonyl (C=O) groups excluding carboxylic acids is 1. The summed E-state index contributed by atoms with van der Waals surface area (Å²) in [4.78, 5) is 11.3. The van der Waals surface area contributed by atoms with E-state index in [1.807, 2.05) is 6.92 Å². The summed E-state index contributed by atoms with van der Waals surface area (Å²) in [7, 11) is -2.95. The van der Waals surface area contributed by atoms with Crippen molar-refractivity contribution in [2.45, 2.75) is 19.4 Å². The zero-order valence-corrected chi connectivity index (χ0v) is 9.68. The van der Waals surface area contributed by atoms with Gasteiger partial charge < -0.3 is 10.1 Å². The molecule has 1 heterocycles. The minimum absolute atomic E-state index is 0.0496. The maximum absolute atomic E-state index is 11.3. The van der Waals surface area contributed by atoms with E-state index >= 15 is 0 Å². The van der Waals surface area contributed by atoms with Crippen LogP contribution in [0.1, 0.15) is 13.3 Å². The average molecular weight is 235 g/mol. The molecule has 0 aromatic heterocycles. The molecule has 0 radical (unpaired) electrons. The fraction of sp³-hybridized carbons (Fsp3) is 0.889. The Morgan fingerprint density at radius 1 is 1.53 bits per heavy atom. The van der Waals surface area contributed by atoms with Crippen molar-refractivity contribution >= 4 is 15.6 Å². The van der Waals surface area contributed by atoms with E-state index < -0.39 is 9.84 Å². The summed E-state index contributed by atoms with van der Waals surface area (Å²) in [5.41, 5.74) is 0. The first-order chi connectivity index (χ1) is 7.03. The Labute approximate surface area is 90.1 Å². The summed E-state index contributed by atoms with van der Waals surface area (Å²) < 4.78 is 27.5. The average Bonchev–Trinajstić information content (AvgIpc) is 2.13. The highest BCUT2D eigenvalue weighted by Crippen LogP contribution is 2.05. The van der Waals surface area contributed by atoms with Gasteiger partial charge in [0.15, 0.2) is 15.6 Å². The van der Waals surface area contributed by atoms with Gasteiger partial charge >= 0.3 is 0 Å². The molecule has 0 bridgehead atoms. The molecule has 1 saturated heterocycles. The van der Waals surface area contributed by atoms with Crippen LogP contribution in [0.15, 0.2) is 0 Å². The molecule has 0 aliphatic carbocycles. The van der Waals surface area contributed by atoms with Gasteiger partial charge in [-0.05, 0) is 6.92 Å². The topological polar surface area (TPSA) is 72.5 Å². The second kappa shape index (κ2) is 5.58. The molecule has 1 unspecified atom stereocenters. The highest BCUT2D eigenvalue weighted by atomic mass is 32.2. The van der Waals surface area contributed by atoms with Crippen molar-refractivity contribution in [3.05, 3.63) is 0 Å². The minimum atomic E-state index is -2.95. The van der Waals surface area contributed by atoms with Gasteiger partial charge in [-0.1, -0.05) is 0 Å². The van der Waals surface area contributed by atoms with E-state index in [1.165, 1.54) is 0 Å². The molecular formula is C9H17NO4S. The van der Waals surface area contributed by atoms with Crippen molar-refractivity contribution in [1.29, 1.82) is 0 Å². The monoisotopic (exact) mass is 235 g/mol. The van der Waals surface area contributed by atoms with E-state index in [1.54, 1.807) is 0 Å². The maximum Gasteiger partial charge on any atom is 0.160 e. The molecule has 1 aliphatic rings. The zero-order valence-electron chi connectivity index (χ0n) is 8.86. The van der Waals surface area contributed by atoms with Gasteiger partial charge in [-0.3, -0.25) is 4.79 Å². The van der Waals surface area contributed by atoms with Gasteiger partial charge in [0.1, 0.15) is 6.61 Å². The number of carbonyl (C=O) groups is 1. The lowest BCUT2D eigenvalue weighted by atomic mass is 10.1. The van der Waals surface area contributed by atoms with Gasteiger partial charge in [0.25, 0.3) is 0 Å². The molecule has 0 aromatic rings. The Hall–Kier alpha value is -0.460. The molecule has 0 aromatic carbocycles. The molecule has 1 fully saturated rings. The van der Waals surface area contributed by atoms with Crippen LogP contribution in [0.25, 0.3) is 0 Å². The molecule has 0 spiro atoms. The molecule has 0 amide bonds. The summed E-state index contributed by atoms with van der Waals surface area (Å²) >= 11 is 0. The summed E-state index contributed by atoms with van der Waals surface area (Å²) in [5.74, 6) is 0.181. The van der Waals surface area contributed by atoms with Crippen molar-refractivity contribution in [3.63, 3.8) is 0 Å². The van der Waals surface area contributed by atoms with E-state index in [9.17, 15) is 13.2 Å². The molecule has 1 rings (SSSR count). The molecular weight excluding hydrogens is 218 g/mol. The highest BCUT2D eigenvalue weighted by Gasteiger charge is 2.25. The lowest BCUT2D eigenvalue weighted by molar-refractivity contribution is -0.123. The van der Waals surface area contributed by atoms with Crippen LogP contribution >= 0.6 is 0 Å². The molecule has 1 N–H and O–H groups in total. The Morgan fingerprint density at radius 2 is 2.27 bits per heavy atom. The van der Waals surface area contributed by atoms with Gasteiger partial charge in [-0.25, -0.2) is 8.42 Å². The number of nitrogens with one attached hydrogen (secondary N) is 1. The first-order valence-electron chi connectivity index (χ1n) is 5.07. The predicted molar refractivity (Wildman–Crippen MR) is 56.6 cm³/mol. The number of hydrogen-bond acceptors (Lipinski definition) is 5. The third kappa shape index (κ3) is 4.72. The van der Waals surface area contributed by atoms with Crippen molar-refractivity contribution in [2.24, 2.45) is 0 Å². The molecule has 1 aliphatic heterocycles. The first-order valence-corrected chi connectivity index (χ1v) is 6.89. The Bertz CT molecular complexity index is 312. The van der Waals surface area contributed by atoms with Crippen molar-refractivity contribution in [2.75, 3.05) is 31.3 Å². The van der Waals surface area contributed by atoms with Crippen LogP contribution in [0.4, 0.5) is 0 Å². The van der Waals surface area contributed by atoms with Crippen LogP contribution in [0.3, 0.4) is 0 Å². The number of ether oxygens (including phenoxy) is 1. The predicted octanol–water partition coefficient (Wildman–Crippen LogP) is -0.631. The van der Waals surface area contributed by atoms with Gasteiger partial charge in [0.2, 0.25) is 0 Å². The van der Waals surface area contributed by atoms with Gasteiger partial charge in [-0.15, -0.1) is 0 Å². The Balaban J connectivity index is 2.35. The fourth-order valence-electron chi connectivity index (χ4n) is 1.55. The largest absolute Gasteiger partial charge is 0.374 e. The van der Waals surface area contributed by atoms with Gasteiger partial charge in [0, 0.05) is 25.6 Å². The molecule has 1 atom stereocenters. The van der Waals surface area contributed by atoms with E-state index in [-0.39, 0.29) is 36.4 Å². The number of sulfone groups is 1. The van der Waals surface area contributed by atoms with Crippen LogP contribution in [0.5, 0.6) is 0 Å². The second-order valence-corrected chi connectivity index (χ2v) is 5.87. The number of rotatable bonds is 5. The second-order valence-electron chi connectivity index (χ2n) is 3.65. The Morgan fingerprint density at radius 3 is 2.87 bits per heavy atom. The summed E-state index contributed by atoms with van der Waals surface area (Å²) in [6, 6.07) is -0.239. The molecule has 15 heavy (non-hydrogen) atoms. The normalized spacial score (nSPS) is 25.0. The molecule has 6 heteroatoms. The fourth-order valence-corrected chi connectivity index (χ4v) is 2.99. The highest BCUT2D eigenvalue weighted by molar-refractivity contribution is 7.91. The van der Waals surface area contributed by atoms with Crippen LogP contribution in [0, 0.1) is 0 Å². The van der Waals surface area contributed by atoms with Gasteiger partial charge in [0.05, 0.1) is 11.5 Å². The smallest absolute Gasteiger partial charge is 0.160 e. The SMILES string of the molecule is CCOCC(=O)CC1CS(=O)(=O)CCN1. The summed E-state index contributed by atoms with van der Waals surface area (Å²) in [6.07, 6.45) is 0.235. The molecule has 0 saturated carbocycles. The van der Waals surface area contributed by atoms with E-state index in [0.717, 1.165) is 0 Å². The van der Waals surface area contributed by atoms with E-state index in [2.05, 4.69) is 5.32 Å². The van der Waals surface area contributed by atoms with Crippen LogP contribution in [-0.2, 0) is 19.4 Å². The van der Waals surface area contributed by atoms with Gasteiger partial charge in [-0.2, -0.15) is 0 Å². The zero-order chi connectivity index (χ0) is 11.3. The molecule has 88 valence electrons. The lowest BCUT2D eigenvalue weighted by Crippen LogP contribution is -2.46. The van der Waals surface area contributed by atoms with Crippen molar-refractivity contribution in [3.8, 4) is 0 Å². The Kier molecular flexibility index (Phi) is 4.69. The first kappa shape index (κ1) is 12.6. The number of ketones is 1. The third-order valence-corrected chi connectivity index (χ3v) is 3.98. The third-order valence-electron chi connectivity index (χ3n) is 2.24. The van der Waals surface area contributed by atoms with Crippen LogP contribution in [-0.4, -0.2) is 51.5 Å². The van der Waals surface area contributed by atoms with Crippen LogP contribution < -0.4 is 5.32 Å². The van der Waals surface area contributed by atoms with E-state index in [4.69, 9.17) is 4.74 Å². The quantitative estimate of drug-likeness (QED) is 0.687. The molecule has 5 nitrogen and oxygen atoms in total. The lowest BCUT2D eigenvalue weighted by Gasteiger charge is -2.22. The maximum atomic E-state index is 11.3.